The molecule has 0 aromatic heterocycles. The number of nitro benzene ring substituents is 1. The minimum Gasteiger partial charge on any atom is -0.458 e. The first kappa shape index (κ1) is 28.9. The molecule has 0 aliphatic heterocycles. The summed E-state index contributed by atoms with van der Waals surface area (Å²) in [6.45, 7) is 4.04. The van der Waals surface area contributed by atoms with E-state index in [9.17, 15) is 23.3 Å². The van der Waals surface area contributed by atoms with Gasteiger partial charge in [0.1, 0.15) is 5.60 Å². The van der Waals surface area contributed by atoms with Crippen molar-refractivity contribution in [3.8, 4) is 0 Å². The van der Waals surface area contributed by atoms with Gasteiger partial charge >= 0.3 is 5.97 Å². The Morgan fingerprint density at radius 3 is 2.20 bits per heavy atom. The summed E-state index contributed by atoms with van der Waals surface area (Å²) in [7, 11) is -4.54. The Labute approximate surface area is 233 Å². The zero-order chi connectivity index (χ0) is 28.9. The number of nitro groups is 1. The van der Waals surface area contributed by atoms with Gasteiger partial charge in [0.25, 0.3) is 15.7 Å². The summed E-state index contributed by atoms with van der Waals surface area (Å²) in [5.74, 6) is -0.777. The fourth-order valence-electron chi connectivity index (χ4n) is 4.21. The van der Waals surface area contributed by atoms with Gasteiger partial charge in [-0.2, -0.15) is 0 Å². The Bertz CT molecular complexity index is 1620. The van der Waals surface area contributed by atoms with Crippen LogP contribution in [0.2, 0.25) is 0 Å². The molecule has 0 N–H and O–H groups in total. The van der Waals surface area contributed by atoms with E-state index in [1.54, 1.807) is 32.9 Å². The number of nitrogens with zero attached hydrogens (tertiary/aromatic N) is 2. The lowest BCUT2D eigenvalue weighted by molar-refractivity contribution is -0.387. The van der Waals surface area contributed by atoms with Gasteiger partial charge in [0.05, 0.1) is 11.5 Å². The van der Waals surface area contributed by atoms with E-state index in [1.807, 2.05) is 30.3 Å². The lowest BCUT2D eigenvalue weighted by Gasteiger charge is -2.23. The molecule has 40 heavy (non-hydrogen) atoms. The van der Waals surface area contributed by atoms with Crippen molar-refractivity contribution in [3.05, 3.63) is 118 Å². The largest absolute Gasteiger partial charge is 0.458 e. The molecule has 4 aromatic carbocycles. The number of hydrogen-bond acceptors (Lipinski definition) is 7. The number of para-hydroxylation sites is 1. The smallest absolute Gasteiger partial charge is 0.334 e. The van der Waals surface area contributed by atoms with Crippen LogP contribution in [0.15, 0.2) is 95.9 Å². The van der Waals surface area contributed by atoms with E-state index < -0.39 is 43.7 Å². The molecule has 0 heterocycles. The number of ether oxygens (including phenoxy) is 1. The van der Waals surface area contributed by atoms with Gasteiger partial charge in [-0.25, -0.2) is 13.2 Å². The minimum absolute atomic E-state index is 0.286. The second-order valence-corrected chi connectivity index (χ2v) is 12.0. The Morgan fingerprint density at radius 2 is 1.50 bits per heavy atom. The van der Waals surface area contributed by atoms with Crippen LogP contribution in [-0.4, -0.2) is 36.0 Å². The molecule has 4 rings (SSSR count). The summed E-state index contributed by atoms with van der Waals surface area (Å²) < 4.78 is 32.9. The normalized spacial score (nSPS) is 12.0. The van der Waals surface area contributed by atoms with Crippen LogP contribution in [0.3, 0.4) is 0 Å². The van der Waals surface area contributed by atoms with E-state index in [2.05, 4.69) is 24.3 Å². The quantitative estimate of drug-likeness (QED) is 0.136. The van der Waals surface area contributed by atoms with Crippen molar-refractivity contribution in [2.24, 2.45) is 0 Å². The van der Waals surface area contributed by atoms with Crippen LogP contribution in [0.5, 0.6) is 0 Å². The number of carbonyl (C=O) groups is 1. The van der Waals surface area contributed by atoms with Crippen LogP contribution in [0.4, 0.5) is 5.69 Å². The van der Waals surface area contributed by atoms with Gasteiger partial charge in [-0.3, -0.25) is 15.0 Å². The number of fused-ring (bicyclic) bond motifs is 1. The summed E-state index contributed by atoms with van der Waals surface area (Å²) in [5, 5.41) is 13.9. The maximum atomic E-state index is 13.5. The molecule has 10 heteroatoms. The molecule has 0 radical (unpaired) electrons. The van der Waals surface area contributed by atoms with Crippen molar-refractivity contribution in [3.63, 3.8) is 0 Å². The van der Waals surface area contributed by atoms with Crippen LogP contribution >= 0.6 is 0 Å². The molecule has 0 aliphatic rings. The molecule has 4 aromatic rings. The number of esters is 1. The highest BCUT2D eigenvalue weighted by molar-refractivity contribution is 7.89. The third kappa shape index (κ3) is 7.09. The topological polar surface area (TPSA) is 116 Å². The SMILES string of the molecule is CC(C)(C)OC(=O)CON(Cc1ccc(Cc2cccc3ccccc23)cc1)S(=O)(=O)c1ccccc1[N+](=O)[O-]. The number of sulfonamides is 1. The first-order valence-electron chi connectivity index (χ1n) is 12.6. The predicted molar refractivity (Wildman–Crippen MR) is 151 cm³/mol. The predicted octanol–water partition coefficient (Wildman–Crippen LogP) is 5.80. The number of hydrogen-bond donors (Lipinski definition) is 0. The molecule has 0 atom stereocenters. The summed E-state index contributed by atoms with van der Waals surface area (Å²) in [6, 6.07) is 26.6. The van der Waals surface area contributed by atoms with E-state index in [0.717, 1.165) is 34.0 Å². The maximum Gasteiger partial charge on any atom is 0.334 e. The van der Waals surface area contributed by atoms with Crippen LogP contribution in [0.25, 0.3) is 10.8 Å². The van der Waals surface area contributed by atoms with Crippen molar-refractivity contribution in [1.29, 1.82) is 0 Å². The molecule has 0 aliphatic carbocycles. The van der Waals surface area contributed by atoms with Gasteiger partial charge in [-0.05, 0) is 60.7 Å². The van der Waals surface area contributed by atoms with Crippen LogP contribution in [-0.2, 0) is 37.4 Å². The zero-order valence-corrected chi connectivity index (χ0v) is 23.3. The molecule has 0 spiro atoms. The first-order chi connectivity index (χ1) is 18.9. The molecule has 0 fully saturated rings. The Balaban J connectivity index is 1.59. The molecule has 0 unspecified atom stereocenters. The van der Waals surface area contributed by atoms with Crippen molar-refractivity contribution >= 4 is 32.5 Å². The fraction of sp³-hybridized carbons (Fsp3) is 0.233. The fourth-order valence-corrected chi connectivity index (χ4v) is 5.60. The molecule has 9 nitrogen and oxygen atoms in total. The third-order valence-electron chi connectivity index (χ3n) is 5.96. The Morgan fingerprint density at radius 1 is 0.875 bits per heavy atom. The number of hydroxylamine groups is 1. The summed E-state index contributed by atoms with van der Waals surface area (Å²) in [5.41, 5.74) is 1.34. The van der Waals surface area contributed by atoms with Gasteiger partial charge in [0.15, 0.2) is 11.5 Å². The third-order valence-corrected chi connectivity index (χ3v) is 7.64. The van der Waals surface area contributed by atoms with Gasteiger partial charge in [0.2, 0.25) is 0 Å². The van der Waals surface area contributed by atoms with Gasteiger partial charge in [0, 0.05) is 6.07 Å². The zero-order valence-electron chi connectivity index (χ0n) is 22.4. The summed E-state index contributed by atoms with van der Waals surface area (Å²) in [4.78, 5) is 27.9. The molecule has 0 amide bonds. The number of carbonyl (C=O) groups excluding carboxylic acids is 1. The molecular formula is C30H30N2O7S. The van der Waals surface area contributed by atoms with E-state index in [4.69, 9.17) is 9.57 Å². The Kier molecular flexibility index (Phi) is 8.63. The van der Waals surface area contributed by atoms with Crippen molar-refractivity contribution in [1.82, 2.24) is 4.47 Å². The molecule has 208 valence electrons. The summed E-state index contributed by atoms with van der Waals surface area (Å²) in [6.07, 6.45) is 0.676. The molecular weight excluding hydrogens is 532 g/mol. The van der Waals surface area contributed by atoms with Crippen molar-refractivity contribution < 1.29 is 27.7 Å². The van der Waals surface area contributed by atoms with Gasteiger partial charge in [-0.1, -0.05) is 83.3 Å². The highest BCUT2D eigenvalue weighted by Gasteiger charge is 2.33. The van der Waals surface area contributed by atoms with Crippen LogP contribution in [0.1, 0.15) is 37.5 Å². The highest BCUT2D eigenvalue weighted by Crippen LogP contribution is 2.28. The van der Waals surface area contributed by atoms with E-state index >= 15 is 0 Å². The second kappa shape index (κ2) is 12.0. The summed E-state index contributed by atoms with van der Waals surface area (Å²) >= 11 is 0. The second-order valence-electron chi connectivity index (χ2n) is 10.2. The molecule has 0 bridgehead atoms. The maximum absolute atomic E-state index is 13.5. The van der Waals surface area contributed by atoms with Crippen LogP contribution < -0.4 is 0 Å². The highest BCUT2D eigenvalue weighted by atomic mass is 32.2. The van der Waals surface area contributed by atoms with E-state index in [0.29, 0.717) is 16.5 Å². The van der Waals surface area contributed by atoms with Crippen molar-refractivity contribution in [2.45, 2.75) is 44.2 Å². The van der Waals surface area contributed by atoms with E-state index in [1.165, 1.54) is 12.1 Å². The number of benzene rings is 4. The standard InChI is InChI=1S/C30H30N2O7S/c1-30(2,3)39-29(33)21-38-31(40(36,37)28-14-7-6-13-27(28)32(34)35)20-23-17-15-22(16-18-23)19-25-11-8-10-24-9-4-5-12-26(24)25/h4-18H,19-21H2,1-3H3. The van der Waals surface area contributed by atoms with Gasteiger partial charge < -0.3 is 4.74 Å². The average molecular weight is 563 g/mol. The van der Waals surface area contributed by atoms with Crippen molar-refractivity contribution in [2.75, 3.05) is 6.61 Å². The number of rotatable bonds is 10. The molecule has 0 saturated carbocycles. The average Bonchev–Trinajstić information content (AvgIpc) is 2.91. The lowest BCUT2D eigenvalue weighted by atomic mass is 9.98. The Hall–Kier alpha value is -4.12. The van der Waals surface area contributed by atoms with E-state index in [-0.39, 0.29) is 6.54 Å². The molecule has 0 saturated heterocycles. The minimum atomic E-state index is -4.54. The first-order valence-corrected chi connectivity index (χ1v) is 14.0. The monoisotopic (exact) mass is 562 g/mol. The lowest BCUT2D eigenvalue weighted by Crippen LogP contribution is -2.35. The van der Waals surface area contributed by atoms with Crippen LogP contribution in [0, 0.1) is 10.1 Å². The van der Waals surface area contributed by atoms with Gasteiger partial charge in [-0.15, -0.1) is 0 Å².